The summed E-state index contributed by atoms with van der Waals surface area (Å²) in [6, 6.07) is 7.68. The van der Waals surface area contributed by atoms with Gasteiger partial charge < -0.3 is 0 Å². The third kappa shape index (κ3) is 3.85. The third-order valence-corrected chi connectivity index (χ3v) is 2.40. The summed E-state index contributed by atoms with van der Waals surface area (Å²) in [5.74, 6) is -0.194. The highest BCUT2D eigenvalue weighted by Gasteiger charge is 2.01. The number of carbonyl (C=O) groups excluding carboxylic acids is 1. The summed E-state index contributed by atoms with van der Waals surface area (Å²) in [6.45, 7) is 0. The van der Waals surface area contributed by atoms with Crippen molar-refractivity contribution in [2.24, 2.45) is 0 Å². The van der Waals surface area contributed by atoms with Gasteiger partial charge in [-0.2, -0.15) is 0 Å². The molecule has 0 saturated carbocycles. The number of nitrogens with zero attached hydrogens (tertiary/aromatic N) is 1. The van der Waals surface area contributed by atoms with E-state index in [1.807, 2.05) is 24.3 Å². The number of benzene rings is 1. The van der Waals surface area contributed by atoms with Crippen LogP contribution in [0.3, 0.4) is 0 Å². The lowest BCUT2D eigenvalue weighted by Crippen LogP contribution is -2.22. The summed E-state index contributed by atoms with van der Waals surface area (Å²) in [6.07, 6.45) is 3.21. The van der Waals surface area contributed by atoms with Crippen molar-refractivity contribution in [1.29, 1.82) is 0 Å². The smallest absolute Gasteiger partial charge is 0.269 e. The van der Waals surface area contributed by atoms with Crippen LogP contribution in [0.25, 0.3) is 6.08 Å². The molecule has 15 heavy (non-hydrogen) atoms. The van der Waals surface area contributed by atoms with Crippen molar-refractivity contribution in [3.8, 4) is 0 Å². The zero-order valence-corrected chi connectivity index (χ0v) is 10.2. The van der Waals surface area contributed by atoms with Crippen LogP contribution in [0.4, 0.5) is 0 Å². The lowest BCUT2D eigenvalue weighted by atomic mass is 10.2. The second kappa shape index (κ2) is 5.68. The van der Waals surface area contributed by atoms with E-state index in [0.29, 0.717) is 0 Å². The standard InChI is InChI=1S/C11H12BrNO2/c1-13(15-2)11(14)8-5-9-3-6-10(12)7-4-9/h3-8H,1-2H3. The van der Waals surface area contributed by atoms with E-state index in [2.05, 4.69) is 15.9 Å². The average Bonchev–Trinajstić information content (AvgIpc) is 2.26. The van der Waals surface area contributed by atoms with E-state index in [9.17, 15) is 4.79 Å². The molecule has 0 atom stereocenters. The van der Waals surface area contributed by atoms with E-state index in [0.717, 1.165) is 15.1 Å². The first-order valence-corrected chi connectivity index (χ1v) is 5.18. The Balaban J connectivity index is 2.65. The SMILES string of the molecule is CON(C)C(=O)C=Cc1ccc(Br)cc1. The Kier molecular flexibility index (Phi) is 4.52. The van der Waals surface area contributed by atoms with Crippen molar-refractivity contribution in [3.63, 3.8) is 0 Å². The number of amides is 1. The molecule has 0 saturated heterocycles. The normalized spacial score (nSPS) is 10.6. The molecule has 0 aliphatic heterocycles. The molecule has 1 aromatic carbocycles. The fraction of sp³-hybridized carbons (Fsp3) is 0.182. The van der Waals surface area contributed by atoms with Gasteiger partial charge >= 0.3 is 0 Å². The third-order valence-electron chi connectivity index (χ3n) is 1.87. The van der Waals surface area contributed by atoms with Crippen LogP contribution in [0, 0.1) is 0 Å². The summed E-state index contributed by atoms with van der Waals surface area (Å²) < 4.78 is 1.01. The van der Waals surface area contributed by atoms with Gasteiger partial charge in [-0.1, -0.05) is 28.1 Å². The van der Waals surface area contributed by atoms with Gasteiger partial charge in [0.05, 0.1) is 7.11 Å². The Morgan fingerprint density at radius 3 is 2.53 bits per heavy atom. The summed E-state index contributed by atoms with van der Waals surface area (Å²) in [5.41, 5.74) is 0.969. The Hall–Kier alpha value is -1.13. The minimum atomic E-state index is -0.194. The Morgan fingerprint density at radius 1 is 1.40 bits per heavy atom. The second-order valence-corrected chi connectivity index (χ2v) is 3.82. The van der Waals surface area contributed by atoms with Gasteiger partial charge in [0.25, 0.3) is 5.91 Å². The van der Waals surface area contributed by atoms with Crippen LogP contribution in [0.5, 0.6) is 0 Å². The number of hydrogen-bond donors (Lipinski definition) is 0. The van der Waals surface area contributed by atoms with Gasteiger partial charge in [-0.25, -0.2) is 5.06 Å². The van der Waals surface area contributed by atoms with Crippen molar-refractivity contribution in [1.82, 2.24) is 5.06 Å². The highest BCUT2D eigenvalue weighted by atomic mass is 79.9. The van der Waals surface area contributed by atoms with Crippen LogP contribution in [0.1, 0.15) is 5.56 Å². The molecule has 1 aromatic rings. The fourth-order valence-corrected chi connectivity index (χ4v) is 1.20. The van der Waals surface area contributed by atoms with Gasteiger partial charge in [0.2, 0.25) is 0 Å². The lowest BCUT2D eigenvalue weighted by molar-refractivity contribution is -0.162. The van der Waals surface area contributed by atoms with Gasteiger partial charge in [0.15, 0.2) is 0 Å². The van der Waals surface area contributed by atoms with Gasteiger partial charge in [0, 0.05) is 17.6 Å². The molecular weight excluding hydrogens is 258 g/mol. The van der Waals surface area contributed by atoms with Crippen molar-refractivity contribution < 1.29 is 9.63 Å². The van der Waals surface area contributed by atoms with Gasteiger partial charge in [0.1, 0.15) is 0 Å². The minimum Gasteiger partial charge on any atom is -0.274 e. The first-order valence-electron chi connectivity index (χ1n) is 4.39. The van der Waals surface area contributed by atoms with E-state index in [-0.39, 0.29) is 5.91 Å². The van der Waals surface area contributed by atoms with Crippen LogP contribution in [0.2, 0.25) is 0 Å². The molecule has 0 unspecified atom stereocenters. The van der Waals surface area contributed by atoms with E-state index in [1.165, 1.54) is 13.2 Å². The van der Waals surface area contributed by atoms with Crippen molar-refractivity contribution >= 4 is 27.9 Å². The minimum absolute atomic E-state index is 0.194. The van der Waals surface area contributed by atoms with Gasteiger partial charge in [-0.3, -0.25) is 9.63 Å². The average molecular weight is 270 g/mol. The summed E-state index contributed by atoms with van der Waals surface area (Å²) in [7, 11) is 3.01. The van der Waals surface area contributed by atoms with E-state index < -0.39 is 0 Å². The molecule has 1 amide bonds. The van der Waals surface area contributed by atoms with E-state index >= 15 is 0 Å². The first-order chi connectivity index (χ1) is 7.13. The van der Waals surface area contributed by atoms with Crippen molar-refractivity contribution in [2.45, 2.75) is 0 Å². The van der Waals surface area contributed by atoms with Crippen LogP contribution in [-0.4, -0.2) is 25.1 Å². The highest BCUT2D eigenvalue weighted by molar-refractivity contribution is 9.10. The molecule has 1 rings (SSSR count). The molecule has 80 valence electrons. The van der Waals surface area contributed by atoms with Crippen molar-refractivity contribution in [2.75, 3.05) is 14.2 Å². The Morgan fingerprint density at radius 2 is 2.00 bits per heavy atom. The molecule has 0 aromatic heterocycles. The number of likely N-dealkylation sites (N-methyl/N-ethyl adjacent to an activating group) is 1. The molecule has 0 radical (unpaired) electrons. The maximum atomic E-state index is 11.3. The molecule has 3 nitrogen and oxygen atoms in total. The molecule has 0 aliphatic carbocycles. The predicted octanol–water partition coefficient (Wildman–Crippen LogP) is 2.48. The summed E-state index contributed by atoms with van der Waals surface area (Å²) in [5, 5.41) is 1.16. The first kappa shape index (κ1) is 11.9. The monoisotopic (exact) mass is 269 g/mol. The Labute approximate surface area is 97.4 Å². The van der Waals surface area contributed by atoms with Crippen molar-refractivity contribution in [3.05, 3.63) is 40.4 Å². The van der Waals surface area contributed by atoms with Crippen LogP contribution >= 0.6 is 15.9 Å². The molecule has 0 aliphatic rings. The number of hydroxylamine groups is 2. The largest absolute Gasteiger partial charge is 0.274 e. The quantitative estimate of drug-likeness (QED) is 0.623. The highest BCUT2D eigenvalue weighted by Crippen LogP contribution is 2.11. The predicted molar refractivity (Wildman–Crippen MR) is 63.0 cm³/mol. The number of rotatable bonds is 3. The van der Waals surface area contributed by atoms with Crippen LogP contribution < -0.4 is 0 Å². The summed E-state index contributed by atoms with van der Waals surface area (Å²) >= 11 is 3.34. The molecule has 0 N–H and O–H groups in total. The zero-order valence-electron chi connectivity index (χ0n) is 8.61. The van der Waals surface area contributed by atoms with Crippen LogP contribution in [-0.2, 0) is 9.63 Å². The molecule has 0 heterocycles. The Bertz CT molecular complexity index is 359. The summed E-state index contributed by atoms with van der Waals surface area (Å²) in [4.78, 5) is 16.1. The van der Waals surface area contributed by atoms with Gasteiger partial charge in [-0.15, -0.1) is 0 Å². The molecule has 0 bridgehead atoms. The topological polar surface area (TPSA) is 29.5 Å². The molecule has 4 heteroatoms. The lowest BCUT2D eigenvalue weighted by Gasteiger charge is -2.09. The number of halogens is 1. The molecular formula is C11H12BrNO2. The maximum absolute atomic E-state index is 11.3. The van der Waals surface area contributed by atoms with Crippen LogP contribution in [0.15, 0.2) is 34.8 Å². The maximum Gasteiger partial charge on any atom is 0.269 e. The second-order valence-electron chi connectivity index (χ2n) is 2.90. The van der Waals surface area contributed by atoms with Gasteiger partial charge in [-0.05, 0) is 23.8 Å². The molecule has 0 spiro atoms. The molecule has 0 fully saturated rings. The van der Waals surface area contributed by atoms with E-state index in [4.69, 9.17) is 4.84 Å². The number of hydrogen-bond acceptors (Lipinski definition) is 2. The fourth-order valence-electron chi connectivity index (χ4n) is 0.936. The zero-order chi connectivity index (χ0) is 11.3. The number of carbonyl (C=O) groups is 1. The van der Waals surface area contributed by atoms with E-state index in [1.54, 1.807) is 13.1 Å².